The van der Waals surface area contributed by atoms with Gasteiger partial charge >= 0.3 is 0 Å². The lowest BCUT2D eigenvalue weighted by Crippen LogP contribution is -2.16. The number of nitrogens with one attached hydrogen (secondary N) is 2. The molecular weight excluding hydrogens is 550 g/mol. The first-order valence-corrected chi connectivity index (χ1v) is 16.8. The smallest absolute Gasteiger partial charge is 0.182 e. The number of nitrogens with zero attached hydrogens (tertiary/aromatic N) is 1. The molecule has 4 aromatic carbocycles. The van der Waals surface area contributed by atoms with Crippen molar-refractivity contribution in [3.63, 3.8) is 0 Å². The van der Waals surface area contributed by atoms with Crippen LogP contribution in [0.4, 0.5) is 5.69 Å². The molecule has 2 aromatic heterocycles. The molecule has 0 unspecified atom stereocenters. The van der Waals surface area contributed by atoms with E-state index in [2.05, 4.69) is 58.8 Å². The highest BCUT2D eigenvalue weighted by atomic mass is 32.2. The Morgan fingerprint density at radius 1 is 0.791 bits per heavy atom. The van der Waals surface area contributed by atoms with Gasteiger partial charge in [-0.05, 0) is 71.8 Å². The molecule has 1 saturated carbocycles. The molecule has 7 rings (SSSR count). The fraction of sp³-hybridized carbons (Fsp3) is 0.216. The second-order valence-electron chi connectivity index (χ2n) is 11.7. The quantitative estimate of drug-likeness (QED) is 0.187. The summed E-state index contributed by atoms with van der Waals surface area (Å²) in [5.74, 6) is 0.696. The molecule has 43 heavy (non-hydrogen) atoms. The van der Waals surface area contributed by atoms with Gasteiger partial charge in [0.25, 0.3) is 0 Å². The van der Waals surface area contributed by atoms with Crippen molar-refractivity contribution in [2.24, 2.45) is 5.92 Å². The number of aromatic amines is 1. The molecule has 1 aliphatic carbocycles. The number of rotatable bonds is 8. The summed E-state index contributed by atoms with van der Waals surface area (Å²) in [6, 6.07) is 33.6. The maximum absolute atomic E-state index is 13.2. The number of benzene rings is 4. The SMILES string of the molecule is O=S(=O)(Cc1ccc2[nH]c3ncc(-c4ccc(NCC5CCCCC5)cc4)c(-c4ccccc4)c3c2c1)c1ccccc1. The second-order valence-corrected chi connectivity index (χ2v) is 13.7. The molecule has 2 heterocycles. The molecule has 1 aliphatic rings. The van der Waals surface area contributed by atoms with Crippen LogP contribution in [-0.4, -0.2) is 24.9 Å². The van der Waals surface area contributed by atoms with E-state index in [-0.39, 0.29) is 5.75 Å². The Hall–Kier alpha value is -4.42. The Kier molecular flexibility index (Phi) is 7.45. The van der Waals surface area contributed by atoms with Gasteiger partial charge in [-0.2, -0.15) is 0 Å². The number of anilines is 1. The predicted molar refractivity (Wildman–Crippen MR) is 177 cm³/mol. The number of pyridine rings is 1. The average Bonchev–Trinajstić information content (AvgIpc) is 3.43. The monoisotopic (exact) mass is 585 g/mol. The van der Waals surface area contributed by atoms with Crippen LogP contribution in [0.3, 0.4) is 0 Å². The lowest BCUT2D eigenvalue weighted by atomic mass is 9.89. The Morgan fingerprint density at radius 2 is 1.51 bits per heavy atom. The van der Waals surface area contributed by atoms with Gasteiger partial charge in [-0.25, -0.2) is 13.4 Å². The molecule has 0 bridgehead atoms. The lowest BCUT2D eigenvalue weighted by Gasteiger charge is -2.22. The third-order valence-corrected chi connectivity index (χ3v) is 10.4. The standard InChI is InChI=1S/C37H35N3O2S/c41-43(42,31-14-8-3-9-15-31)25-27-16-21-34-32(22-27)36-35(29-12-6-2-7-13-29)33(24-39-37(36)40-34)28-17-19-30(20-18-28)38-23-26-10-4-1-5-11-26/h2-3,6-9,12-22,24,26,38H,1,4-5,10-11,23,25H2,(H,39,40). The first kappa shape index (κ1) is 27.4. The summed E-state index contributed by atoms with van der Waals surface area (Å²) in [5.41, 5.74) is 7.91. The molecule has 0 saturated heterocycles. The van der Waals surface area contributed by atoms with Crippen LogP contribution in [-0.2, 0) is 15.6 Å². The summed E-state index contributed by atoms with van der Waals surface area (Å²) in [6.45, 7) is 1.03. The molecule has 0 radical (unpaired) electrons. The Bertz CT molecular complexity index is 1980. The van der Waals surface area contributed by atoms with Crippen LogP contribution in [0.1, 0.15) is 37.7 Å². The zero-order valence-electron chi connectivity index (χ0n) is 24.1. The maximum Gasteiger partial charge on any atom is 0.182 e. The van der Waals surface area contributed by atoms with Crippen LogP contribution in [0, 0.1) is 5.92 Å². The summed E-state index contributed by atoms with van der Waals surface area (Å²) in [6.07, 6.45) is 8.66. The molecule has 2 N–H and O–H groups in total. The van der Waals surface area contributed by atoms with Gasteiger partial charge in [0.05, 0.1) is 10.6 Å². The number of fused-ring (bicyclic) bond motifs is 3. The van der Waals surface area contributed by atoms with E-state index in [0.29, 0.717) is 4.90 Å². The highest BCUT2D eigenvalue weighted by molar-refractivity contribution is 7.90. The molecule has 0 amide bonds. The minimum Gasteiger partial charge on any atom is -0.385 e. The molecular formula is C37H35N3O2S. The maximum atomic E-state index is 13.2. The van der Waals surface area contributed by atoms with Gasteiger partial charge < -0.3 is 10.3 Å². The molecule has 5 nitrogen and oxygen atoms in total. The van der Waals surface area contributed by atoms with Crippen molar-refractivity contribution in [3.8, 4) is 22.3 Å². The average molecular weight is 586 g/mol. The first-order chi connectivity index (χ1) is 21.0. The van der Waals surface area contributed by atoms with Crippen molar-refractivity contribution in [1.82, 2.24) is 9.97 Å². The number of sulfone groups is 1. The first-order valence-electron chi connectivity index (χ1n) is 15.2. The van der Waals surface area contributed by atoms with Crippen LogP contribution in [0.15, 0.2) is 114 Å². The van der Waals surface area contributed by atoms with E-state index in [9.17, 15) is 8.42 Å². The van der Waals surface area contributed by atoms with Crippen LogP contribution in [0.25, 0.3) is 44.2 Å². The fourth-order valence-corrected chi connectivity index (χ4v) is 7.82. The molecule has 6 heteroatoms. The normalized spacial score (nSPS) is 14.3. The highest BCUT2D eigenvalue weighted by Gasteiger charge is 2.20. The van der Waals surface area contributed by atoms with Gasteiger partial charge in [-0.15, -0.1) is 0 Å². The number of H-pyrrole nitrogens is 1. The molecule has 6 aromatic rings. The van der Waals surface area contributed by atoms with Crippen LogP contribution in [0.5, 0.6) is 0 Å². The molecule has 0 spiro atoms. The third-order valence-electron chi connectivity index (χ3n) is 8.72. The topological polar surface area (TPSA) is 74.8 Å². The molecule has 0 atom stereocenters. The van der Waals surface area contributed by atoms with Crippen molar-refractivity contribution in [2.45, 2.75) is 42.8 Å². The van der Waals surface area contributed by atoms with Crippen LogP contribution in [0.2, 0.25) is 0 Å². The van der Waals surface area contributed by atoms with Crippen LogP contribution >= 0.6 is 0 Å². The van der Waals surface area contributed by atoms with Gasteiger partial charge in [0, 0.05) is 45.8 Å². The summed E-state index contributed by atoms with van der Waals surface area (Å²) in [7, 11) is -3.48. The van der Waals surface area contributed by atoms with Crippen molar-refractivity contribution < 1.29 is 8.42 Å². The van der Waals surface area contributed by atoms with Crippen LogP contribution < -0.4 is 5.32 Å². The number of hydrogen-bond acceptors (Lipinski definition) is 4. The molecule has 0 aliphatic heterocycles. The number of hydrogen-bond donors (Lipinski definition) is 2. The van der Waals surface area contributed by atoms with Gasteiger partial charge in [-0.1, -0.05) is 86.0 Å². The van der Waals surface area contributed by atoms with Crippen molar-refractivity contribution in [2.75, 3.05) is 11.9 Å². The van der Waals surface area contributed by atoms with E-state index in [1.165, 1.54) is 32.1 Å². The molecule has 1 fully saturated rings. The summed E-state index contributed by atoms with van der Waals surface area (Å²) >= 11 is 0. The summed E-state index contributed by atoms with van der Waals surface area (Å²) < 4.78 is 26.4. The van der Waals surface area contributed by atoms with Crippen molar-refractivity contribution in [1.29, 1.82) is 0 Å². The van der Waals surface area contributed by atoms with E-state index >= 15 is 0 Å². The Morgan fingerprint density at radius 3 is 2.26 bits per heavy atom. The third kappa shape index (κ3) is 5.67. The lowest BCUT2D eigenvalue weighted by molar-refractivity contribution is 0.373. The Labute approximate surface area is 252 Å². The van der Waals surface area contributed by atoms with Crippen molar-refractivity contribution >= 4 is 37.5 Å². The van der Waals surface area contributed by atoms with E-state index in [0.717, 1.165) is 67.9 Å². The zero-order chi connectivity index (χ0) is 29.2. The van der Waals surface area contributed by atoms with Gasteiger partial charge in [0.15, 0.2) is 9.84 Å². The van der Waals surface area contributed by atoms with E-state index in [4.69, 9.17) is 4.98 Å². The van der Waals surface area contributed by atoms with Gasteiger partial charge in [0.2, 0.25) is 0 Å². The zero-order valence-corrected chi connectivity index (χ0v) is 24.9. The fourth-order valence-electron chi connectivity index (χ4n) is 6.47. The number of aromatic nitrogens is 2. The van der Waals surface area contributed by atoms with E-state index in [1.807, 2.05) is 36.5 Å². The molecule has 216 valence electrons. The highest BCUT2D eigenvalue weighted by Crippen LogP contribution is 2.41. The van der Waals surface area contributed by atoms with Gasteiger partial charge in [0.1, 0.15) is 5.65 Å². The van der Waals surface area contributed by atoms with Crippen molar-refractivity contribution in [3.05, 3.63) is 115 Å². The van der Waals surface area contributed by atoms with Gasteiger partial charge in [-0.3, -0.25) is 0 Å². The largest absolute Gasteiger partial charge is 0.385 e. The summed E-state index contributed by atoms with van der Waals surface area (Å²) in [5, 5.41) is 5.62. The second kappa shape index (κ2) is 11.7. The minimum absolute atomic E-state index is 0.0667. The predicted octanol–water partition coefficient (Wildman–Crippen LogP) is 9.02. The summed E-state index contributed by atoms with van der Waals surface area (Å²) in [4.78, 5) is 8.67. The van der Waals surface area contributed by atoms with E-state index < -0.39 is 9.84 Å². The van der Waals surface area contributed by atoms with E-state index in [1.54, 1.807) is 24.3 Å². The minimum atomic E-state index is -3.48. The Balaban J connectivity index is 1.29.